The first-order valence-electron chi connectivity index (χ1n) is 8.40. The van der Waals surface area contributed by atoms with Crippen LogP contribution in [0.2, 0.25) is 0 Å². The Hall–Kier alpha value is -2.26. The number of hydrogen-bond donors (Lipinski definition) is 1. The van der Waals surface area contributed by atoms with Crippen LogP contribution in [0.15, 0.2) is 48.0 Å². The molecule has 0 aromatic heterocycles. The zero-order chi connectivity index (χ0) is 17.1. The third-order valence-corrected chi connectivity index (χ3v) is 4.73. The quantitative estimate of drug-likeness (QED) is 0.895. The van der Waals surface area contributed by atoms with Gasteiger partial charge in [-0.1, -0.05) is 25.1 Å². The van der Waals surface area contributed by atoms with Crippen LogP contribution in [0.1, 0.15) is 36.5 Å². The van der Waals surface area contributed by atoms with Gasteiger partial charge >= 0.3 is 0 Å². The predicted octanol–water partition coefficient (Wildman–Crippen LogP) is 4.22. The molecule has 1 N–H and O–H groups in total. The van der Waals surface area contributed by atoms with Crippen molar-refractivity contribution in [2.24, 2.45) is 0 Å². The lowest BCUT2D eigenvalue weighted by molar-refractivity contribution is 0.202. The summed E-state index contributed by atoms with van der Waals surface area (Å²) in [5, 5.41) is 10.5. The van der Waals surface area contributed by atoms with Gasteiger partial charge in [-0.2, -0.15) is 0 Å². The van der Waals surface area contributed by atoms with Crippen molar-refractivity contribution in [3.8, 4) is 11.5 Å². The number of aryl methyl sites for hydroxylation is 1. The summed E-state index contributed by atoms with van der Waals surface area (Å²) in [4.78, 5) is 0. The fourth-order valence-corrected chi connectivity index (χ4v) is 3.39. The molecule has 0 amide bonds. The average molecular weight is 324 g/mol. The van der Waals surface area contributed by atoms with Crippen LogP contribution < -0.4 is 9.47 Å². The van der Waals surface area contributed by atoms with Crippen molar-refractivity contribution in [1.29, 1.82) is 0 Å². The molecular formula is C21H24O3. The molecule has 3 heteroatoms. The van der Waals surface area contributed by atoms with Gasteiger partial charge in [0.1, 0.15) is 11.5 Å². The minimum atomic E-state index is -0.405. The van der Waals surface area contributed by atoms with Gasteiger partial charge in [-0.25, -0.2) is 0 Å². The normalized spacial score (nSPS) is 15.0. The molecule has 2 aromatic carbocycles. The highest BCUT2D eigenvalue weighted by molar-refractivity contribution is 5.85. The van der Waals surface area contributed by atoms with Crippen molar-refractivity contribution in [2.75, 3.05) is 14.2 Å². The second-order valence-electron chi connectivity index (χ2n) is 6.08. The largest absolute Gasteiger partial charge is 0.497 e. The Morgan fingerprint density at radius 1 is 0.958 bits per heavy atom. The van der Waals surface area contributed by atoms with Crippen LogP contribution in [-0.4, -0.2) is 25.4 Å². The Labute approximate surface area is 143 Å². The lowest BCUT2D eigenvalue weighted by Gasteiger charge is -2.27. The van der Waals surface area contributed by atoms with E-state index in [4.69, 9.17) is 9.47 Å². The molecule has 126 valence electrons. The molecule has 0 fully saturated rings. The van der Waals surface area contributed by atoms with Crippen LogP contribution >= 0.6 is 0 Å². The molecular weight excluding hydrogens is 300 g/mol. The van der Waals surface area contributed by atoms with Crippen LogP contribution in [-0.2, 0) is 6.42 Å². The third kappa shape index (κ3) is 3.04. The molecule has 2 aromatic rings. The summed E-state index contributed by atoms with van der Waals surface area (Å²) in [7, 11) is 3.36. The summed E-state index contributed by atoms with van der Waals surface area (Å²) in [6.45, 7) is 2.02. The van der Waals surface area contributed by atoms with E-state index >= 15 is 0 Å². The van der Waals surface area contributed by atoms with Gasteiger partial charge in [-0.3, -0.25) is 0 Å². The summed E-state index contributed by atoms with van der Waals surface area (Å²) >= 11 is 0. The van der Waals surface area contributed by atoms with Crippen molar-refractivity contribution in [2.45, 2.75) is 32.3 Å². The number of ether oxygens (including phenoxy) is 2. The van der Waals surface area contributed by atoms with E-state index in [2.05, 4.69) is 24.3 Å². The Kier molecular flexibility index (Phi) is 4.91. The number of hydrogen-bond acceptors (Lipinski definition) is 3. The van der Waals surface area contributed by atoms with Crippen molar-refractivity contribution < 1.29 is 14.6 Å². The molecule has 0 heterocycles. The second kappa shape index (κ2) is 7.10. The number of fused-ring (bicyclic) bond motifs is 1. The van der Waals surface area contributed by atoms with E-state index in [-0.39, 0.29) is 0 Å². The van der Waals surface area contributed by atoms with Gasteiger partial charge in [0.15, 0.2) is 0 Å². The minimum Gasteiger partial charge on any atom is -0.497 e. The van der Waals surface area contributed by atoms with E-state index in [0.29, 0.717) is 0 Å². The lowest BCUT2D eigenvalue weighted by Crippen LogP contribution is -2.17. The van der Waals surface area contributed by atoms with E-state index in [0.717, 1.165) is 47.5 Å². The van der Waals surface area contributed by atoms with Crippen LogP contribution in [0, 0.1) is 0 Å². The fourth-order valence-electron chi connectivity index (χ4n) is 3.39. The first-order valence-corrected chi connectivity index (χ1v) is 8.40. The van der Waals surface area contributed by atoms with E-state index in [9.17, 15) is 5.11 Å². The van der Waals surface area contributed by atoms with E-state index in [1.807, 2.05) is 25.1 Å². The van der Waals surface area contributed by atoms with Crippen LogP contribution in [0.5, 0.6) is 11.5 Å². The molecule has 0 saturated carbocycles. The predicted molar refractivity (Wildman–Crippen MR) is 96.6 cm³/mol. The van der Waals surface area contributed by atoms with Gasteiger partial charge < -0.3 is 14.6 Å². The van der Waals surface area contributed by atoms with E-state index < -0.39 is 6.10 Å². The van der Waals surface area contributed by atoms with Crippen LogP contribution in [0.25, 0.3) is 5.57 Å². The average Bonchev–Trinajstić information content (AvgIpc) is 2.66. The fraction of sp³-hybridized carbons (Fsp3) is 0.333. The molecule has 1 atom stereocenters. The Balaban J connectivity index is 2.16. The maximum absolute atomic E-state index is 10.5. The van der Waals surface area contributed by atoms with E-state index in [1.165, 1.54) is 11.1 Å². The van der Waals surface area contributed by atoms with Gasteiger partial charge in [0.05, 0.1) is 20.3 Å². The topological polar surface area (TPSA) is 38.7 Å². The highest BCUT2D eigenvalue weighted by Gasteiger charge is 2.24. The van der Waals surface area contributed by atoms with Gasteiger partial charge in [0.2, 0.25) is 0 Å². The number of aliphatic hydroxyl groups excluding tert-OH is 1. The smallest absolute Gasteiger partial charge is 0.119 e. The molecule has 1 aliphatic rings. The number of aliphatic hydroxyl groups is 1. The lowest BCUT2D eigenvalue weighted by atomic mass is 9.80. The second-order valence-corrected chi connectivity index (χ2v) is 6.08. The van der Waals surface area contributed by atoms with Crippen molar-refractivity contribution in [3.63, 3.8) is 0 Å². The first-order chi connectivity index (χ1) is 11.7. The number of benzene rings is 2. The summed E-state index contributed by atoms with van der Waals surface area (Å²) in [5.41, 5.74) is 5.85. The Morgan fingerprint density at radius 3 is 2.25 bits per heavy atom. The molecule has 0 bridgehead atoms. The monoisotopic (exact) mass is 324 g/mol. The number of methoxy groups -OCH3 is 2. The summed E-state index contributed by atoms with van der Waals surface area (Å²) in [5.74, 6) is 1.71. The molecule has 0 aliphatic heterocycles. The molecule has 0 saturated heterocycles. The van der Waals surface area contributed by atoms with Gasteiger partial charge in [0, 0.05) is 0 Å². The SMILES string of the molecule is CCC(O)C1=C(c2ccc(OC)cc2)c2ccc(OC)cc2CC1. The van der Waals surface area contributed by atoms with Crippen molar-refractivity contribution in [3.05, 3.63) is 64.7 Å². The molecule has 0 radical (unpaired) electrons. The Bertz CT molecular complexity index is 744. The van der Waals surface area contributed by atoms with Gasteiger partial charge in [0.25, 0.3) is 0 Å². The standard InChI is InChI=1S/C21H24O3/c1-4-20(22)19-11-7-15-13-17(24-3)10-12-18(15)21(19)14-5-8-16(23-2)9-6-14/h5-6,8-10,12-13,20,22H,4,7,11H2,1-3H3. The molecule has 1 aliphatic carbocycles. The zero-order valence-electron chi connectivity index (χ0n) is 14.5. The van der Waals surface area contributed by atoms with Crippen molar-refractivity contribution >= 4 is 5.57 Å². The van der Waals surface area contributed by atoms with Crippen LogP contribution in [0.3, 0.4) is 0 Å². The highest BCUT2D eigenvalue weighted by atomic mass is 16.5. The highest BCUT2D eigenvalue weighted by Crippen LogP contribution is 2.39. The summed E-state index contributed by atoms with van der Waals surface area (Å²) in [6.07, 6.45) is 2.12. The molecule has 1 unspecified atom stereocenters. The third-order valence-electron chi connectivity index (χ3n) is 4.73. The maximum atomic E-state index is 10.5. The van der Waals surface area contributed by atoms with E-state index in [1.54, 1.807) is 14.2 Å². The van der Waals surface area contributed by atoms with Crippen LogP contribution in [0.4, 0.5) is 0 Å². The molecule has 0 spiro atoms. The summed E-state index contributed by atoms with van der Waals surface area (Å²) < 4.78 is 10.6. The Morgan fingerprint density at radius 2 is 1.62 bits per heavy atom. The molecule has 24 heavy (non-hydrogen) atoms. The van der Waals surface area contributed by atoms with Gasteiger partial charge in [-0.05, 0) is 71.4 Å². The maximum Gasteiger partial charge on any atom is 0.119 e. The number of rotatable bonds is 5. The zero-order valence-corrected chi connectivity index (χ0v) is 14.5. The summed E-state index contributed by atoms with van der Waals surface area (Å²) in [6, 6.07) is 14.3. The van der Waals surface area contributed by atoms with Crippen molar-refractivity contribution in [1.82, 2.24) is 0 Å². The minimum absolute atomic E-state index is 0.405. The molecule has 3 nitrogen and oxygen atoms in total. The molecule has 3 rings (SSSR count). The first kappa shape index (κ1) is 16.6. The van der Waals surface area contributed by atoms with Gasteiger partial charge in [-0.15, -0.1) is 0 Å².